The quantitative estimate of drug-likeness (QED) is 0.624. The second-order valence-corrected chi connectivity index (χ2v) is 5.08. The van der Waals surface area contributed by atoms with Gasteiger partial charge in [0.25, 0.3) is 0 Å². The Morgan fingerprint density at radius 3 is 2.50 bits per heavy atom. The van der Waals surface area contributed by atoms with Crippen molar-refractivity contribution in [1.82, 2.24) is 0 Å². The molecule has 1 atom stereocenters. The molecule has 0 bridgehead atoms. The third-order valence-corrected chi connectivity index (χ3v) is 3.72. The van der Waals surface area contributed by atoms with Gasteiger partial charge in [0.05, 0.1) is 19.8 Å². The molecule has 0 spiro atoms. The molecular formula is C17H26O3. The number of methoxy groups -OCH3 is 2. The van der Waals surface area contributed by atoms with E-state index in [4.69, 9.17) is 9.47 Å². The standard InChI is InChI=1S/C17H26O3/c1-5-7-9-13(6-2)12-15(18)14-10-8-11-16(19-3)17(14)20-4/h8,10-11,13H,5-7,9,12H2,1-4H3. The van der Waals surface area contributed by atoms with E-state index in [-0.39, 0.29) is 5.78 Å². The Labute approximate surface area is 122 Å². The summed E-state index contributed by atoms with van der Waals surface area (Å²) in [5.41, 5.74) is 0.627. The molecule has 1 aromatic carbocycles. The van der Waals surface area contributed by atoms with Gasteiger partial charge >= 0.3 is 0 Å². The number of para-hydroxylation sites is 1. The third-order valence-electron chi connectivity index (χ3n) is 3.72. The van der Waals surface area contributed by atoms with Gasteiger partial charge in [-0.1, -0.05) is 45.6 Å². The van der Waals surface area contributed by atoms with Crippen LogP contribution < -0.4 is 9.47 Å². The van der Waals surface area contributed by atoms with Crippen molar-refractivity contribution in [2.75, 3.05) is 14.2 Å². The minimum atomic E-state index is 0.142. The fourth-order valence-electron chi connectivity index (χ4n) is 2.42. The first-order chi connectivity index (χ1) is 9.67. The summed E-state index contributed by atoms with van der Waals surface area (Å²) in [6.45, 7) is 4.33. The number of unbranched alkanes of at least 4 members (excludes halogenated alkanes) is 1. The van der Waals surface area contributed by atoms with Crippen LogP contribution in [0.2, 0.25) is 0 Å². The smallest absolute Gasteiger partial charge is 0.171 e. The molecule has 0 aliphatic heterocycles. The highest BCUT2D eigenvalue weighted by Crippen LogP contribution is 2.32. The molecule has 0 amide bonds. The van der Waals surface area contributed by atoms with Crippen LogP contribution in [-0.4, -0.2) is 20.0 Å². The minimum Gasteiger partial charge on any atom is -0.493 e. The van der Waals surface area contributed by atoms with E-state index in [1.165, 1.54) is 12.8 Å². The van der Waals surface area contributed by atoms with Crippen molar-refractivity contribution < 1.29 is 14.3 Å². The molecule has 0 fully saturated rings. The molecule has 0 saturated heterocycles. The summed E-state index contributed by atoms with van der Waals surface area (Å²) in [5, 5.41) is 0. The van der Waals surface area contributed by atoms with Crippen LogP contribution in [0.25, 0.3) is 0 Å². The second kappa shape index (κ2) is 8.62. The van der Waals surface area contributed by atoms with Crippen LogP contribution >= 0.6 is 0 Å². The van der Waals surface area contributed by atoms with Crippen molar-refractivity contribution in [1.29, 1.82) is 0 Å². The molecule has 20 heavy (non-hydrogen) atoms. The van der Waals surface area contributed by atoms with E-state index in [0.717, 1.165) is 12.8 Å². The first-order valence-electron chi connectivity index (χ1n) is 7.42. The predicted octanol–water partition coefficient (Wildman–Crippen LogP) is 4.49. The van der Waals surface area contributed by atoms with E-state index < -0.39 is 0 Å². The van der Waals surface area contributed by atoms with Crippen molar-refractivity contribution >= 4 is 5.78 Å². The van der Waals surface area contributed by atoms with E-state index in [2.05, 4.69) is 13.8 Å². The first-order valence-corrected chi connectivity index (χ1v) is 7.42. The summed E-state index contributed by atoms with van der Waals surface area (Å²) in [7, 11) is 3.16. The maximum absolute atomic E-state index is 12.5. The summed E-state index contributed by atoms with van der Waals surface area (Å²) >= 11 is 0. The molecule has 0 N–H and O–H groups in total. The van der Waals surface area contributed by atoms with Crippen molar-refractivity contribution in [3.05, 3.63) is 23.8 Å². The Morgan fingerprint density at radius 2 is 1.95 bits per heavy atom. The highest BCUT2D eigenvalue weighted by atomic mass is 16.5. The maximum atomic E-state index is 12.5. The van der Waals surface area contributed by atoms with Crippen LogP contribution in [-0.2, 0) is 0 Å². The molecule has 3 nitrogen and oxygen atoms in total. The minimum absolute atomic E-state index is 0.142. The van der Waals surface area contributed by atoms with Gasteiger partial charge in [0, 0.05) is 6.42 Å². The lowest BCUT2D eigenvalue weighted by atomic mass is 9.91. The highest BCUT2D eigenvalue weighted by molar-refractivity contribution is 5.99. The first kappa shape index (κ1) is 16.5. The topological polar surface area (TPSA) is 35.5 Å². The van der Waals surface area contributed by atoms with Crippen molar-refractivity contribution in [3.8, 4) is 11.5 Å². The summed E-state index contributed by atoms with van der Waals surface area (Å²) in [5.74, 6) is 1.76. The molecule has 1 unspecified atom stereocenters. The van der Waals surface area contributed by atoms with E-state index in [1.54, 1.807) is 14.2 Å². The predicted molar refractivity (Wildman–Crippen MR) is 81.8 cm³/mol. The number of hydrogen-bond donors (Lipinski definition) is 0. The van der Waals surface area contributed by atoms with E-state index >= 15 is 0 Å². The zero-order valence-corrected chi connectivity index (χ0v) is 13.1. The Morgan fingerprint density at radius 1 is 1.20 bits per heavy atom. The average molecular weight is 278 g/mol. The van der Waals surface area contributed by atoms with E-state index in [9.17, 15) is 4.79 Å². The number of benzene rings is 1. The molecule has 0 aliphatic rings. The molecule has 112 valence electrons. The van der Waals surface area contributed by atoms with Gasteiger partial charge in [-0.15, -0.1) is 0 Å². The normalized spacial score (nSPS) is 12.0. The van der Waals surface area contributed by atoms with Crippen LogP contribution in [0.4, 0.5) is 0 Å². The molecule has 0 aliphatic carbocycles. The number of ether oxygens (including phenoxy) is 2. The lowest BCUT2D eigenvalue weighted by Gasteiger charge is -2.16. The number of carbonyl (C=O) groups is 1. The van der Waals surface area contributed by atoms with Gasteiger partial charge in [0.1, 0.15) is 0 Å². The zero-order valence-electron chi connectivity index (χ0n) is 13.1. The van der Waals surface area contributed by atoms with Crippen LogP contribution in [0.3, 0.4) is 0 Å². The maximum Gasteiger partial charge on any atom is 0.171 e. The van der Waals surface area contributed by atoms with Gasteiger partial charge < -0.3 is 9.47 Å². The van der Waals surface area contributed by atoms with Gasteiger partial charge in [-0.3, -0.25) is 4.79 Å². The van der Waals surface area contributed by atoms with Crippen LogP contribution in [0.1, 0.15) is 56.3 Å². The number of rotatable bonds is 9. The van der Waals surface area contributed by atoms with Crippen molar-refractivity contribution in [3.63, 3.8) is 0 Å². The largest absolute Gasteiger partial charge is 0.493 e. The number of hydrogen-bond acceptors (Lipinski definition) is 3. The van der Waals surface area contributed by atoms with E-state index in [1.807, 2.05) is 18.2 Å². The molecule has 0 heterocycles. The number of Topliss-reactive ketones (excluding diaryl/α,β-unsaturated/α-hetero) is 1. The second-order valence-electron chi connectivity index (χ2n) is 5.08. The van der Waals surface area contributed by atoms with Crippen LogP contribution in [0, 0.1) is 5.92 Å². The fourth-order valence-corrected chi connectivity index (χ4v) is 2.42. The lowest BCUT2D eigenvalue weighted by Crippen LogP contribution is -2.10. The monoisotopic (exact) mass is 278 g/mol. The number of carbonyl (C=O) groups excluding carboxylic acids is 1. The summed E-state index contributed by atoms with van der Waals surface area (Å²) in [6.07, 6.45) is 5.09. The summed E-state index contributed by atoms with van der Waals surface area (Å²) in [4.78, 5) is 12.5. The van der Waals surface area contributed by atoms with Crippen molar-refractivity contribution in [2.45, 2.75) is 46.0 Å². The van der Waals surface area contributed by atoms with Crippen LogP contribution in [0.5, 0.6) is 11.5 Å². The molecule has 0 aromatic heterocycles. The lowest BCUT2D eigenvalue weighted by molar-refractivity contribution is 0.0953. The molecule has 0 saturated carbocycles. The van der Waals surface area contributed by atoms with Gasteiger partial charge in [-0.25, -0.2) is 0 Å². The van der Waals surface area contributed by atoms with E-state index in [0.29, 0.717) is 29.4 Å². The molecular weight excluding hydrogens is 252 g/mol. The Hall–Kier alpha value is -1.51. The van der Waals surface area contributed by atoms with Crippen molar-refractivity contribution in [2.24, 2.45) is 5.92 Å². The van der Waals surface area contributed by atoms with Gasteiger partial charge in [0.15, 0.2) is 17.3 Å². The highest BCUT2D eigenvalue weighted by Gasteiger charge is 2.19. The van der Waals surface area contributed by atoms with Gasteiger partial charge in [-0.2, -0.15) is 0 Å². The van der Waals surface area contributed by atoms with Gasteiger partial charge in [-0.05, 0) is 18.1 Å². The Balaban J connectivity index is 2.86. The molecule has 0 radical (unpaired) electrons. The number of ketones is 1. The Kier molecular flexibility index (Phi) is 7.13. The zero-order chi connectivity index (χ0) is 15.0. The Bertz CT molecular complexity index is 426. The average Bonchev–Trinajstić information content (AvgIpc) is 2.49. The molecule has 1 rings (SSSR count). The third kappa shape index (κ3) is 4.26. The molecule has 1 aromatic rings. The summed E-state index contributed by atoms with van der Waals surface area (Å²) in [6, 6.07) is 5.46. The fraction of sp³-hybridized carbons (Fsp3) is 0.588. The molecule has 3 heteroatoms. The van der Waals surface area contributed by atoms with Crippen LogP contribution in [0.15, 0.2) is 18.2 Å². The van der Waals surface area contributed by atoms with Gasteiger partial charge in [0.2, 0.25) is 0 Å². The SMILES string of the molecule is CCCCC(CC)CC(=O)c1cccc(OC)c1OC. The summed E-state index contributed by atoms with van der Waals surface area (Å²) < 4.78 is 10.6.